The number of rotatable bonds is 19. The summed E-state index contributed by atoms with van der Waals surface area (Å²) in [7, 11) is -2.04. The van der Waals surface area contributed by atoms with E-state index in [4.69, 9.17) is 0 Å². The average Bonchev–Trinajstić information content (AvgIpc) is 2.92. The van der Waals surface area contributed by atoms with Gasteiger partial charge in [0.2, 0.25) is 5.91 Å². The minimum absolute atomic E-state index is 0.299. The van der Waals surface area contributed by atoms with Crippen LogP contribution in [0.2, 0.25) is 6.55 Å². The Labute approximate surface area is 221 Å². The van der Waals surface area contributed by atoms with Gasteiger partial charge in [-0.2, -0.15) is 0 Å². The van der Waals surface area contributed by atoms with E-state index >= 15 is 0 Å². The lowest BCUT2D eigenvalue weighted by Crippen LogP contribution is -2.54. The van der Waals surface area contributed by atoms with Crippen molar-refractivity contribution < 1.29 is 4.79 Å². The quantitative estimate of drug-likeness (QED) is 0.111. The van der Waals surface area contributed by atoms with Gasteiger partial charge in [-0.05, 0) is 38.5 Å². The maximum atomic E-state index is 13.1. The zero-order chi connectivity index (χ0) is 25.9. The molecule has 3 heteroatoms. The summed E-state index contributed by atoms with van der Waals surface area (Å²) in [6.45, 7) is 11.5. The van der Waals surface area contributed by atoms with Gasteiger partial charge in [0, 0.05) is 19.5 Å². The molecule has 0 aliphatic rings. The van der Waals surface area contributed by atoms with Crippen molar-refractivity contribution in [3.05, 3.63) is 97.7 Å². The van der Waals surface area contributed by atoms with Crippen molar-refractivity contribution in [1.29, 1.82) is 0 Å². The van der Waals surface area contributed by atoms with E-state index in [0.29, 0.717) is 18.9 Å². The molecule has 2 nitrogen and oxygen atoms in total. The van der Waals surface area contributed by atoms with E-state index in [0.717, 1.165) is 45.1 Å². The highest BCUT2D eigenvalue weighted by molar-refractivity contribution is 7.05. The molecule has 0 heterocycles. The van der Waals surface area contributed by atoms with E-state index in [1.807, 2.05) is 12.2 Å². The van der Waals surface area contributed by atoms with E-state index < -0.39 is 8.07 Å². The highest BCUT2D eigenvalue weighted by atomic mass is 28.3. The first-order valence-electron chi connectivity index (χ1n) is 13.9. The summed E-state index contributed by atoms with van der Waals surface area (Å²) in [5.74, 6) is 0.299. The fraction of sp³-hybridized carbons (Fsp3) is 0.424. The minimum atomic E-state index is -2.04. The fourth-order valence-corrected chi connectivity index (χ4v) is 7.75. The molecule has 0 aliphatic carbocycles. The molecule has 36 heavy (non-hydrogen) atoms. The number of benzene rings is 2. The lowest BCUT2D eigenvalue weighted by atomic mass is 10.1. The molecule has 2 aromatic rings. The van der Waals surface area contributed by atoms with Gasteiger partial charge in [0.15, 0.2) is 0 Å². The third kappa shape index (κ3) is 10.5. The van der Waals surface area contributed by atoms with Crippen LogP contribution >= 0.6 is 0 Å². The van der Waals surface area contributed by atoms with Gasteiger partial charge >= 0.3 is 0 Å². The van der Waals surface area contributed by atoms with Crippen LogP contribution in [0.1, 0.15) is 70.6 Å². The Morgan fingerprint density at radius 2 is 1.25 bits per heavy atom. The number of unbranched alkanes of at least 4 members (excludes halogenated alkanes) is 8. The summed E-state index contributed by atoms with van der Waals surface area (Å²) in [6, 6.07) is 21.7. The lowest BCUT2D eigenvalue weighted by Gasteiger charge is -2.26. The summed E-state index contributed by atoms with van der Waals surface area (Å²) < 4.78 is 0. The molecule has 0 saturated heterocycles. The number of hydrogen-bond donors (Lipinski definition) is 0. The van der Waals surface area contributed by atoms with Crippen molar-refractivity contribution in [3.63, 3.8) is 0 Å². The Balaban J connectivity index is 2.01. The van der Waals surface area contributed by atoms with E-state index in [1.165, 1.54) is 36.1 Å². The van der Waals surface area contributed by atoms with Crippen LogP contribution in [0.5, 0.6) is 0 Å². The predicted molar refractivity (Wildman–Crippen MR) is 161 cm³/mol. The molecule has 0 unspecified atom stereocenters. The Hall–Kier alpha value is -2.65. The smallest absolute Gasteiger partial charge is 0.222 e. The third-order valence-electron chi connectivity index (χ3n) is 7.01. The number of nitrogens with zero attached hydrogens (tertiary/aromatic N) is 1. The van der Waals surface area contributed by atoms with Gasteiger partial charge < -0.3 is 4.90 Å². The summed E-state index contributed by atoms with van der Waals surface area (Å²) in [6.07, 6.45) is 18.3. The predicted octanol–water partition coefficient (Wildman–Crippen LogP) is 7.47. The topological polar surface area (TPSA) is 20.3 Å². The van der Waals surface area contributed by atoms with Gasteiger partial charge in [0.25, 0.3) is 0 Å². The third-order valence-corrected chi connectivity index (χ3v) is 11.0. The first-order valence-corrected chi connectivity index (χ1v) is 16.5. The van der Waals surface area contributed by atoms with Crippen LogP contribution in [0.25, 0.3) is 0 Å². The van der Waals surface area contributed by atoms with E-state index in [1.54, 1.807) is 0 Å². The van der Waals surface area contributed by atoms with Crippen LogP contribution in [-0.4, -0.2) is 32.0 Å². The maximum Gasteiger partial charge on any atom is 0.222 e. The zero-order valence-corrected chi connectivity index (χ0v) is 23.5. The molecular weight excluding hydrogens is 454 g/mol. The minimum Gasteiger partial charge on any atom is -0.339 e. The molecule has 0 spiro atoms. The number of amides is 1. The van der Waals surface area contributed by atoms with Crippen molar-refractivity contribution >= 4 is 24.4 Å². The Morgan fingerprint density at radius 3 is 1.81 bits per heavy atom. The van der Waals surface area contributed by atoms with Crippen LogP contribution < -0.4 is 10.4 Å². The molecule has 0 aliphatic heterocycles. The standard InChI is InChI=1S/C33H47NOSi/c1-4-6-8-10-11-12-13-20-27-33(35)34(28-21-9-7-5-2)29-22-30-36(3,31-23-16-14-17-24-31)32-25-18-15-19-26-32/h4-5,14-19,22-26,30H,1-2,6-13,20-21,27-29H2,3H3/b30-22+. The number of allylic oxidation sites excluding steroid dienone is 2. The van der Waals surface area contributed by atoms with E-state index in [-0.39, 0.29) is 0 Å². The van der Waals surface area contributed by atoms with Crippen molar-refractivity contribution in [2.75, 3.05) is 13.1 Å². The fourth-order valence-electron chi connectivity index (χ4n) is 4.68. The molecular formula is C33H47NOSi. The SMILES string of the molecule is C=CCCCCCCCCC(=O)N(C/C=C/[Si](C)(c1ccccc1)c1ccccc1)CCCCC=C. The first kappa shape index (κ1) is 29.6. The molecule has 0 saturated carbocycles. The Bertz CT molecular complexity index is 866. The Kier molecular flexibility index (Phi) is 14.6. The molecule has 2 aromatic carbocycles. The lowest BCUT2D eigenvalue weighted by molar-refractivity contribution is -0.130. The summed E-state index contributed by atoms with van der Waals surface area (Å²) in [5.41, 5.74) is 2.42. The van der Waals surface area contributed by atoms with Crippen LogP contribution in [0.4, 0.5) is 0 Å². The van der Waals surface area contributed by atoms with Gasteiger partial charge in [-0.15, -0.1) is 13.2 Å². The summed E-state index contributed by atoms with van der Waals surface area (Å²) in [5, 5.41) is 2.79. The highest BCUT2D eigenvalue weighted by Crippen LogP contribution is 2.12. The van der Waals surface area contributed by atoms with E-state index in [9.17, 15) is 4.79 Å². The first-order chi connectivity index (χ1) is 17.6. The van der Waals surface area contributed by atoms with Gasteiger partial charge in [0.05, 0.1) is 0 Å². The number of carbonyl (C=O) groups is 1. The molecule has 0 aromatic heterocycles. The number of carbonyl (C=O) groups excluding carboxylic acids is 1. The summed E-state index contributed by atoms with van der Waals surface area (Å²) in [4.78, 5) is 15.2. The van der Waals surface area contributed by atoms with Crippen LogP contribution in [-0.2, 0) is 4.79 Å². The molecule has 0 N–H and O–H groups in total. The second-order valence-corrected chi connectivity index (χ2v) is 13.8. The van der Waals surface area contributed by atoms with Crippen molar-refractivity contribution in [2.45, 2.75) is 77.2 Å². The molecule has 1 amide bonds. The van der Waals surface area contributed by atoms with Crippen molar-refractivity contribution in [3.8, 4) is 0 Å². The average molecular weight is 502 g/mol. The molecule has 194 valence electrons. The van der Waals surface area contributed by atoms with Crippen LogP contribution in [0, 0.1) is 0 Å². The second-order valence-electron chi connectivity index (χ2n) is 9.91. The van der Waals surface area contributed by atoms with Gasteiger partial charge in [0.1, 0.15) is 8.07 Å². The molecule has 0 atom stereocenters. The maximum absolute atomic E-state index is 13.1. The normalized spacial score (nSPS) is 11.5. The van der Waals surface area contributed by atoms with Crippen LogP contribution in [0.3, 0.4) is 0 Å². The zero-order valence-electron chi connectivity index (χ0n) is 22.5. The van der Waals surface area contributed by atoms with Crippen LogP contribution in [0.15, 0.2) is 97.7 Å². The van der Waals surface area contributed by atoms with E-state index in [2.05, 4.69) is 97.0 Å². The van der Waals surface area contributed by atoms with Crippen molar-refractivity contribution in [1.82, 2.24) is 4.90 Å². The highest BCUT2D eigenvalue weighted by Gasteiger charge is 2.28. The second kappa shape index (κ2) is 17.7. The molecule has 0 radical (unpaired) electrons. The monoisotopic (exact) mass is 501 g/mol. The molecule has 0 bridgehead atoms. The molecule has 0 fully saturated rings. The van der Waals surface area contributed by atoms with Gasteiger partial charge in [-0.1, -0.05) is 127 Å². The Morgan fingerprint density at radius 1 is 0.750 bits per heavy atom. The summed E-state index contributed by atoms with van der Waals surface area (Å²) >= 11 is 0. The number of hydrogen-bond acceptors (Lipinski definition) is 1. The van der Waals surface area contributed by atoms with Crippen molar-refractivity contribution in [2.24, 2.45) is 0 Å². The van der Waals surface area contributed by atoms with Gasteiger partial charge in [-0.25, -0.2) is 0 Å². The largest absolute Gasteiger partial charge is 0.339 e. The molecule has 2 rings (SSSR count). The van der Waals surface area contributed by atoms with Gasteiger partial charge in [-0.3, -0.25) is 4.79 Å².